The molecule has 2 atom stereocenters. The van der Waals surface area contributed by atoms with E-state index in [1.165, 1.54) is 18.2 Å². The molecule has 6 heteroatoms. The van der Waals surface area contributed by atoms with Crippen LogP contribution < -0.4 is 4.74 Å². The number of aromatic nitrogens is 1. The Balaban J connectivity index is 1.19. The minimum atomic E-state index is -0.111. The first-order valence-corrected chi connectivity index (χ1v) is 13.2. The summed E-state index contributed by atoms with van der Waals surface area (Å²) in [5, 5.41) is 0. The summed E-state index contributed by atoms with van der Waals surface area (Å²) in [6.07, 6.45) is 1.78. The van der Waals surface area contributed by atoms with Crippen molar-refractivity contribution in [1.82, 2.24) is 9.88 Å². The van der Waals surface area contributed by atoms with E-state index in [1.54, 1.807) is 0 Å². The van der Waals surface area contributed by atoms with Crippen molar-refractivity contribution in [3.63, 3.8) is 0 Å². The summed E-state index contributed by atoms with van der Waals surface area (Å²) in [5.41, 5.74) is 4.19. The molecule has 6 nitrogen and oxygen atoms in total. The molecule has 0 unspecified atom stereocenters. The SMILES string of the molecule is COC(=O)[C@@H]1CN(Cc2ccccc2)C[C@H]1CCc1cccc(OCc2nc(-c3ccccc3)oc2C)c1. The van der Waals surface area contributed by atoms with Crippen molar-refractivity contribution in [2.24, 2.45) is 11.8 Å². The predicted octanol–water partition coefficient (Wildman–Crippen LogP) is 6.08. The van der Waals surface area contributed by atoms with E-state index in [9.17, 15) is 4.79 Å². The average Bonchev–Trinajstić information content (AvgIpc) is 3.54. The highest BCUT2D eigenvalue weighted by Gasteiger charge is 2.37. The van der Waals surface area contributed by atoms with E-state index in [1.807, 2.05) is 55.5 Å². The Bertz CT molecular complexity index is 1340. The average molecular weight is 511 g/mol. The molecule has 0 radical (unpaired) electrons. The molecule has 4 aromatic rings. The first-order chi connectivity index (χ1) is 18.6. The Labute approximate surface area is 224 Å². The van der Waals surface area contributed by atoms with Crippen LogP contribution in [0.25, 0.3) is 11.5 Å². The number of likely N-dealkylation sites (tertiary alicyclic amines) is 1. The Morgan fingerprint density at radius 2 is 1.71 bits per heavy atom. The summed E-state index contributed by atoms with van der Waals surface area (Å²) in [5.74, 6) is 2.21. The number of ether oxygens (including phenoxy) is 2. The second-order valence-electron chi connectivity index (χ2n) is 9.93. The Kier molecular flexibility index (Phi) is 8.19. The lowest BCUT2D eigenvalue weighted by Crippen LogP contribution is -2.25. The van der Waals surface area contributed by atoms with Crippen LogP contribution in [0.5, 0.6) is 5.75 Å². The van der Waals surface area contributed by atoms with Crippen LogP contribution in [0, 0.1) is 18.8 Å². The molecular weight excluding hydrogens is 476 g/mol. The van der Waals surface area contributed by atoms with E-state index in [2.05, 4.69) is 46.3 Å². The van der Waals surface area contributed by atoms with Gasteiger partial charge in [0.25, 0.3) is 0 Å². The van der Waals surface area contributed by atoms with E-state index in [-0.39, 0.29) is 17.8 Å². The van der Waals surface area contributed by atoms with Gasteiger partial charge in [0.05, 0.1) is 13.0 Å². The zero-order chi connectivity index (χ0) is 26.3. The maximum Gasteiger partial charge on any atom is 0.310 e. The van der Waals surface area contributed by atoms with Crippen LogP contribution in [0.2, 0.25) is 0 Å². The van der Waals surface area contributed by atoms with Crippen LogP contribution >= 0.6 is 0 Å². The van der Waals surface area contributed by atoms with Crippen molar-refractivity contribution < 1.29 is 18.7 Å². The van der Waals surface area contributed by atoms with Crippen molar-refractivity contribution in [3.05, 3.63) is 108 Å². The molecule has 1 aliphatic heterocycles. The molecule has 1 saturated heterocycles. The van der Waals surface area contributed by atoms with Crippen LogP contribution in [-0.2, 0) is 29.1 Å². The number of nitrogens with zero attached hydrogens (tertiary/aromatic N) is 2. The maximum absolute atomic E-state index is 12.5. The number of methoxy groups -OCH3 is 1. The van der Waals surface area contributed by atoms with Gasteiger partial charge >= 0.3 is 5.97 Å². The van der Waals surface area contributed by atoms with E-state index in [0.717, 1.165) is 55.2 Å². The summed E-state index contributed by atoms with van der Waals surface area (Å²) < 4.78 is 17.1. The second-order valence-corrected chi connectivity index (χ2v) is 9.93. The molecular formula is C32H34N2O4. The molecule has 3 aromatic carbocycles. The monoisotopic (exact) mass is 510 g/mol. The fourth-order valence-corrected chi connectivity index (χ4v) is 5.20. The molecule has 2 heterocycles. The van der Waals surface area contributed by atoms with Crippen molar-refractivity contribution in [2.45, 2.75) is 32.9 Å². The van der Waals surface area contributed by atoms with E-state index in [0.29, 0.717) is 12.5 Å². The molecule has 196 valence electrons. The molecule has 5 rings (SSSR count). The Hall–Kier alpha value is -3.90. The van der Waals surface area contributed by atoms with Gasteiger partial charge in [-0.2, -0.15) is 0 Å². The highest BCUT2D eigenvalue weighted by molar-refractivity contribution is 5.73. The van der Waals surface area contributed by atoms with Gasteiger partial charge in [-0.25, -0.2) is 4.98 Å². The molecule has 0 bridgehead atoms. The molecule has 0 spiro atoms. The van der Waals surface area contributed by atoms with E-state index >= 15 is 0 Å². The second kappa shape index (κ2) is 12.1. The number of oxazole rings is 1. The van der Waals surface area contributed by atoms with Gasteiger partial charge in [-0.15, -0.1) is 0 Å². The van der Waals surface area contributed by atoms with Crippen LogP contribution in [0.15, 0.2) is 89.3 Å². The molecule has 1 aliphatic rings. The minimum Gasteiger partial charge on any atom is -0.487 e. The van der Waals surface area contributed by atoms with Gasteiger partial charge in [-0.05, 0) is 61.1 Å². The molecule has 0 amide bonds. The van der Waals surface area contributed by atoms with Crippen molar-refractivity contribution in [1.29, 1.82) is 0 Å². The van der Waals surface area contributed by atoms with Crippen molar-refractivity contribution in [2.75, 3.05) is 20.2 Å². The smallest absolute Gasteiger partial charge is 0.310 e. The van der Waals surface area contributed by atoms with Gasteiger partial charge in [0, 0.05) is 25.2 Å². The van der Waals surface area contributed by atoms with Gasteiger partial charge in [0.15, 0.2) is 0 Å². The van der Waals surface area contributed by atoms with Crippen LogP contribution in [0.4, 0.5) is 0 Å². The molecule has 1 fully saturated rings. The molecule has 38 heavy (non-hydrogen) atoms. The number of carbonyl (C=O) groups excluding carboxylic acids is 1. The Morgan fingerprint density at radius 3 is 2.47 bits per heavy atom. The number of esters is 1. The van der Waals surface area contributed by atoms with Gasteiger partial charge in [-0.1, -0.05) is 60.7 Å². The quantitative estimate of drug-likeness (QED) is 0.241. The summed E-state index contributed by atoms with van der Waals surface area (Å²) in [4.78, 5) is 19.5. The van der Waals surface area contributed by atoms with Crippen molar-refractivity contribution >= 4 is 5.97 Å². The standard InChI is InChI=1S/C32H34N2O4/c1-23-30(33-31(38-23)26-13-7-4-8-14-26)22-37-28-15-9-12-24(18-28)16-17-27-20-34(21-29(27)32(35)36-2)19-25-10-5-3-6-11-25/h3-15,18,27,29H,16-17,19-22H2,1-2H3/t27-,29-/m1/s1. The van der Waals surface area contributed by atoms with Crippen LogP contribution in [0.3, 0.4) is 0 Å². The lowest BCUT2D eigenvalue weighted by molar-refractivity contribution is -0.146. The van der Waals surface area contributed by atoms with Gasteiger partial charge < -0.3 is 13.9 Å². The lowest BCUT2D eigenvalue weighted by atomic mass is 9.90. The number of benzene rings is 3. The van der Waals surface area contributed by atoms with Crippen molar-refractivity contribution in [3.8, 4) is 17.2 Å². The topological polar surface area (TPSA) is 64.8 Å². The molecule has 0 saturated carbocycles. The van der Waals surface area contributed by atoms with Crippen LogP contribution in [-0.4, -0.2) is 36.1 Å². The number of hydrogen-bond donors (Lipinski definition) is 0. The lowest BCUT2D eigenvalue weighted by Gasteiger charge is -2.16. The third kappa shape index (κ3) is 6.32. The summed E-state index contributed by atoms with van der Waals surface area (Å²) in [7, 11) is 1.49. The first-order valence-electron chi connectivity index (χ1n) is 13.2. The largest absolute Gasteiger partial charge is 0.487 e. The number of hydrogen-bond acceptors (Lipinski definition) is 6. The fraction of sp³-hybridized carbons (Fsp3) is 0.312. The number of aryl methyl sites for hydroxylation is 2. The summed E-state index contributed by atoms with van der Waals surface area (Å²) >= 11 is 0. The predicted molar refractivity (Wildman–Crippen MR) is 146 cm³/mol. The molecule has 0 N–H and O–H groups in total. The molecule has 1 aromatic heterocycles. The molecule has 0 aliphatic carbocycles. The first kappa shape index (κ1) is 25.7. The highest BCUT2D eigenvalue weighted by Crippen LogP contribution is 2.30. The van der Waals surface area contributed by atoms with E-state index in [4.69, 9.17) is 13.9 Å². The van der Waals surface area contributed by atoms with Gasteiger partial charge in [-0.3, -0.25) is 9.69 Å². The van der Waals surface area contributed by atoms with Gasteiger partial charge in [0.1, 0.15) is 23.8 Å². The fourth-order valence-electron chi connectivity index (χ4n) is 5.20. The highest BCUT2D eigenvalue weighted by atomic mass is 16.5. The summed E-state index contributed by atoms with van der Waals surface area (Å²) in [6, 6.07) is 28.5. The summed E-state index contributed by atoms with van der Waals surface area (Å²) in [6.45, 7) is 4.72. The van der Waals surface area contributed by atoms with Gasteiger partial charge in [0.2, 0.25) is 5.89 Å². The maximum atomic E-state index is 12.5. The normalized spacial score (nSPS) is 17.4. The number of rotatable bonds is 10. The minimum absolute atomic E-state index is 0.0999. The third-order valence-corrected chi connectivity index (χ3v) is 7.26. The van der Waals surface area contributed by atoms with E-state index < -0.39 is 0 Å². The van der Waals surface area contributed by atoms with Crippen LogP contribution in [0.1, 0.15) is 29.0 Å². The third-order valence-electron chi connectivity index (χ3n) is 7.26. The zero-order valence-corrected chi connectivity index (χ0v) is 22.0. The Morgan fingerprint density at radius 1 is 0.974 bits per heavy atom. The number of carbonyl (C=O) groups is 1. The zero-order valence-electron chi connectivity index (χ0n) is 22.0.